The van der Waals surface area contributed by atoms with Crippen molar-refractivity contribution in [2.75, 3.05) is 25.9 Å². The van der Waals surface area contributed by atoms with E-state index >= 15 is 0 Å². The van der Waals surface area contributed by atoms with Crippen molar-refractivity contribution < 1.29 is 8.42 Å². The van der Waals surface area contributed by atoms with E-state index in [1.165, 1.54) is 0 Å². The van der Waals surface area contributed by atoms with Crippen LogP contribution >= 0.6 is 35.6 Å². The normalized spacial score (nSPS) is 13.1. The van der Waals surface area contributed by atoms with Crippen LogP contribution in [-0.2, 0) is 10.0 Å². The van der Waals surface area contributed by atoms with E-state index in [0.29, 0.717) is 24.1 Å². The maximum atomic E-state index is 11.0. The maximum Gasteiger partial charge on any atom is 0.208 e. The number of hydrogen-bond acceptors (Lipinski definition) is 3. The predicted molar refractivity (Wildman–Crippen MR) is 107 cm³/mol. The van der Waals surface area contributed by atoms with E-state index in [1.54, 1.807) is 0 Å². The highest BCUT2D eigenvalue weighted by Gasteiger charge is 2.08. The van der Waals surface area contributed by atoms with E-state index in [0.717, 1.165) is 11.8 Å². The van der Waals surface area contributed by atoms with Crippen LogP contribution in [-0.4, -0.2) is 40.3 Å². The van der Waals surface area contributed by atoms with Gasteiger partial charge in [-0.3, -0.25) is 4.99 Å². The number of sulfonamides is 1. The van der Waals surface area contributed by atoms with Gasteiger partial charge < -0.3 is 10.6 Å². The van der Waals surface area contributed by atoms with Gasteiger partial charge in [0.15, 0.2) is 5.96 Å². The summed E-state index contributed by atoms with van der Waals surface area (Å²) in [5, 5.41) is 7.07. The Morgan fingerprint density at radius 2 is 2.09 bits per heavy atom. The summed E-state index contributed by atoms with van der Waals surface area (Å²) in [6, 6.07) is 7.63. The lowest BCUT2D eigenvalue weighted by atomic mass is 10.1. The van der Waals surface area contributed by atoms with Gasteiger partial charge in [-0.1, -0.05) is 23.7 Å². The summed E-state index contributed by atoms with van der Waals surface area (Å²) in [7, 11) is -3.18. The van der Waals surface area contributed by atoms with Crippen LogP contribution in [0.2, 0.25) is 5.02 Å². The van der Waals surface area contributed by atoms with E-state index in [4.69, 9.17) is 11.6 Å². The number of benzene rings is 1. The highest BCUT2D eigenvalue weighted by atomic mass is 127. The largest absolute Gasteiger partial charge is 0.357 e. The molecule has 1 aromatic rings. The summed E-state index contributed by atoms with van der Waals surface area (Å²) < 4.78 is 24.4. The minimum absolute atomic E-state index is 0. The first-order valence-electron chi connectivity index (χ1n) is 7.06. The fourth-order valence-corrected chi connectivity index (χ4v) is 2.44. The van der Waals surface area contributed by atoms with Crippen molar-refractivity contribution >= 4 is 51.6 Å². The highest BCUT2D eigenvalue weighted by molar-refractivity contribution is 14.0. The SMILES string of the molecule is CCNC(=NCCNS(C)(=O)=O)NC(C)c1cccc(Cl)c1.I. The van der Waals surface area contributed by atoms with Crippen molar-refractivity contribution in [1.82, 2.24) is 15.4 Å². The molecule has 0 radical (unpaired) electrons. The summed E-state index contributed by atoms with van der Waals surface area (Å²) in [6.07, 6.45) is 1.13. The molecule has 1 unspecified atom stereocenters. The van der Waals surface area contributed by atoms with Crippen molar-refractivity contribution in [3.05, 3.63) is 34.9 Å². The molecule has 23 heavy (non-hydrogen) atoms. The van der Waals surface area contributed by atoms with E-state index in [2.05, 4.69) is 20.3 Å². The van der Waals surface area contributed by atoms with Crippen LogP contribution in [0.4, 0.5) is 0 Å². The molecule has 0 amide bonds. The first-order chi connectivity index (χ1) is 10.3. The third-order valence-corrected chi connectivity index (χ3v) is 3.76. The lowest BCUT2D eigenvalue weighted by Gasteiger charge is -2.18. The van der Waals surface area contributed by atoms with Gasteiger partial charge in [-0.05, 0) is 31.5 Å². The van der Waals surface area contributed by atoms with Crippen LogP contribution in [0.25, 0.3) is 0 Å². The number of guanidine groups is 1. The molecule has 0 heterocycles. The molecule has 6 nitrogen and oxygen atoms in total. The van der Waals surface area contributed by atoms with Crippen molar-refractivity contribution in [2.24, 2.45) is 4.99 Å². The standard InChI is InChI=1S/C14H23ClN4O2S.HI/c1-4-16-14(17-8-9-18-22(3,20)21)19-11(2)12-6-5-7-13(15)10-12;/h5-7,10-11,18H,4,8-9H2,1-3H3,(H2,16,17,19);1H. The van der Waals surface area contributed by atoms with Gasteiger partial charge >= 0.3 is 0 Å². The molecule has 0 fully saturated rings. The maximum absolute atomic E-state index is 11.0. The molecule has 3 N–H and O–H groups in total. The molecule has 0 saturated carbocycles. The van der Waals surface area contributed by atoms with Crippen LogP contribution < -0.4 is 15.4 Å². The van der Waals surface area contributed by atoms with Gasteiger partial charge in [0.2, 0.25) is 10.0 Å². The molecule has 0 aliphatic rings. The van der Waals surface area contributed by atoms with Crippen molar-refractivity contribution in [3.63, 3.8) is 0 Å². The zero-order chi connectivity index (χ0) is 16.6. The summed E-state index contributed by atoms with van der Waals surface area (Å²) in [6.45, 7) is 5.31. The van der Waals surface area contributed by atoms with Gasteiger partial charge in [-0.2, -0.15) is 0 Å². The van der Waals surface area contributed by atoms with Crippen LogP contribution in [0.3, 0.4) is 0 Å². The number of halogens is 2. The van der Waals surface area contributed by atoms with E-state index in [9.17, 15) is 8.42 Å². The van der Waals surface area contributed by atoms with Crippen molar-refractivity contribution in [1.29, 1.82) is 0 Å². The lowest BCUT2D eigenvalue weighted by molar-refractivity contribution is 0.588. The zero-order valence-corrected chi connectivity index (χ0v) is 17.4. The average Bonchev–Trinajstić information content (AvgIpc) is 2.42. The Balaban J connectivity index is 0.00000484. The lowest BCUT2D eigenvalue weighted by Crippen LogP contribution is -2.39. The van der Waals surface area contributed by atoms with E-state index in [-0.39, 0.29) is 36.6 Å². The Labute approximate surface area is 160 Å². The molecule has 0 aliphatic carbocycles. The topological polar surface area (TPSA) is 82.6 Å². The molecule has 1 atom stereocenters. The first-order valence-corrected chi connectivity index (χ1v) is 9.33. The highest BCUT2D eigenvalue weighted by Crippen LogP contribution is 2.17. The zero-order valence-electron chi connectivity index (χ0n) is 13.5. The minimum Gasteiger partial charge on any atom is -0.357 e. The Kier molecular flexibility index (Phi) is 10.8. The summed E-state index contributed by atoms with van der Waals surface area (Å²) >= 11 is 5.99. The Morgan fingerprint density at radius 1 is 1.39 bits per heavy atom. The fraction of sp³-hybridized carbons (Fsp3) is 0.500. The number of nitrogens with zero attached hydrogens (tertiary/aromatic N) is 1. The van der Waals surface area contributed by atoms with Gasteiger partial charge in [-0.25, -0.2) is 13.1 Å². The second-order valence-corrected chi connectivity index (χ2v) is 7.12. The number of aliphatic imine (C=N–C) groups is 1. The summed E-state index contributed by atoms with van der Waals surface area (Å²) in [5.74, 6) is 0.630. The Morgan fingerprint density at radius 3 is 2.65 bits per heavy atom. The molecule has 0 bridgehead atoms. The van der Waals surface area contributed by atoms with Crippen LogP contribution in [0.1, 0.15) is 25.5 Å². The Hall–Kier alpha value is -0.580. The number of rotatable bonds is 7. The molecule has 0 saturated heterocycles. The molecular formula is C14H24ClIN4O2S. The second kappa shape index (κ2) is 11.1. The van der Waals surface area contributed by atoms with Crippen LogP contribution in [0, 0.1) is 0 Å². The van der Waals surface area contributed by atoms with Crippen LogP contribution in [0.15, 0.2) is 29.3 Å². The molecule has 0 aromatic heterocycles. The fourth-order valence-electron chi connectivity index (χ4n) is 1.78. The average molecular weight is 475 g/mol. The third kappa shape index (κ3) is 10.0. The van der Waals surface area contributed by atoms with Gasteiger partial charge in [0, 0.05) is 18.1 Å². The molecule has 1 aromatic carbocycles. The summed E-state index contributed by atoms with van der Waals surface area (Å²) in [4.78, 5) is 4.34. The summed E-state index contributed by atoms with van der Waals surface area (Å²) in [5.41, 5.74) is 1.05. The Bertz CT molecular complexity index is 611. The molecule has 1 rings (SSSR count). The van der Waals surface area contributed by atoms with Crippen LogP contribution in [0.5, 0.6) is 0 Å². The molecule has 132 valence electrons. The minimum atomic E-state index is -3.18. The van der Waals surface area contributed by atoms with Crippen molar-refractivity contribution in [3.8, 4) is 0 Å². The second-order valence-electron chi connectivity index (χ2n) is 4.85. The quantitative estimate of drug-likeness (QED) is 0.245. The molecule has 9 heteroatoms. The smallest absolute Gasteiger partial charge is 0.208 e. The van der Waals surface area contributed by atoms with Gasteiger partial charge in [0.25, 0.3) is 0 Å². The van der Waals surface area contributed by atoms with E-state index < -0.39 is 10.0 Å². The number of nitrogens with one attached hydrogen (secondary N) is 3. The van der Waals surface area contributed by atoms with Crippen molar-refractivity contribution in [2.45, 2.75) is 19.9 Å². The van der Waals surface area contributed by atoms with Gasteiger partial charge in [0.05, 0.1) is 18.8 Å². The predicted octanol–water partition coefficient (Wildman–Crippen LogP) is 2.12. The first kappa shape index (κ1) is 22.4. The molecule has 0 aliphatic heterocycles. The molecular weight excluding hydrogens is 451 g/mol. The third-order valence-electron chi connectivity index (χ3n) is 2.79. The van der Waals surface area contributed by atoms with Gasteiger partial charge in [-0.15, -0.1) is 24.0 Å². The number of hydrogen-bond donors (Lipinski definition) is 3. The monoisotopic (exact) mass is 474 g/mol. The molecule has 0 spiro atoms. The van der Waals surface area contributed by atoms with Gasteiger partial charge in [0.1, 0.15) is 0 Å². The van der Waals surface area contributed by atoms with E-state index in [1.807, 2.05) is 38.1 Å².